The molecular weight excluding hydrogens is 406 g/mol. The summed E-state index contributed by atoms with van der Waals surface area (Å²) in [5.74, 6) is 0.393. The predicted molar refractivity (Wildman–Crippen MR) is 122 cm³/mol. The Kier molecular flexibility index (Phi) is 5.61. The fraction of sp³-hybridized carbons (Fsp3) is 0.708. The largest absolute Gasteiger partial charge is 0.381 e. The average Bonchev–Trinajstić information content (AvgIpc) is 3.23. The second-order valence-electron chi connectivity index (χ2n) is 10.7. The minimum atomic E-state index is -0.379. The van der Waals surface area contributed by atoms with Gasteiger partial charge in [-0.3, -0.25) is 19.6 Å². The van der Waals surface area contributed by atoms with E-state index in [2.05, 4.69) is 10.00 Å². The van der Waals surface area contributed by atoms with E-state index in [1.165, 1.54) is 0 Å². The molecular formula is C24H35N5O3. The summed E-state index contributed by atoms with van der Waals surface area (Å²) in [5.41, 5.74) is 3.11. The third kappa shape index (κ3) is 3.99. The molecule has 0 radical (unpaired) electrons. The molecule has 174 valence electrons. The van der Waals surface area contributed by atoms with Crippen molar-refractivity contribution in [2.75, 3.05) is 32.8 Å². The van der Waals surface area contributed by atoms with Crippen molar-refractivity contribution in [2.24, 2.45) is 5.41 Å². The van der Waals surface area contributed by atoms with Crippen LogP contribution in [0.25, 0.3) is 5.65 Å². The number of nitrogens with one attached hydrogen (secondary N) is 1. The molecule has 0 saturated carbocycles. The monoisotopic (exact) mass is 441 g/mol. The van der Waals surface area contributed by atoms with Crippen molar-refractivity contribution in [1.82, 2.24) is 24.4 Å². The van der Waals surface area contributed by atoms with Crippen LogP contribution in [0.3, 0.4) is 0 Å². The Bertz CT molecular complexity index is 1060. The average molecular weight is 442 g/mol. The maximum absolute atomic E-state index is 13.4. The summed E-state index contributed by atoms with van der Waals surface area (Å²) in [6.07, 6.45) is 4.86. The van der Waals surface area contributed by atoms with E-state index in [1.807, 2.05) is 31.7 Å². The molecule has 3 aliphatic heterocycles. The number of aromatic nitrogens is 3. The van der Waals surface area contributed by atoms with E-state index < -0.39 is 0 Å². The van der Waals surface area contributed by atoms with Gasteiger partial charge in [0.25, 0.3) is 5.56 Å². The molecule has 0 unspecified atom stereocenters. The number of ether oxygens (including phenoxy) is 1. The predicted octanol–water partition coefficient (Wildman–Crippen LogP) is 2.31. The zero-order valence-electron chi connectivity index (χ0n) is 19.5. The van der Waals surface area contributed by atoms with Gasteiger partial charge >= 0.3 is 0 Å². The van der Waals surface area contributed by atoms with E-state index in [-0.39, 0.29) is 22.8 Å². The normalized spacial score (nSPS) is 23.5. The molecule has 2 aromatic heterocycles. The van der Waals surface area contributed by atoms with Crippen LogP contribution in [0.2, 0.25) is 0 Å². The zero-order chi connectivity index (χ0) is 22.5. The van der Waals surface area contributed by atoms with Gasteiger partial charge in [-0.1, -0.05) is 20.8 Å². The summed E-state index contributed by atoms with van der Waals surface area (Å²) in [6, 6.07) is 2.51. The number of amides is 1. The van der Waals surface area contributed by atoms with E-state index in [4.69, 9.17) is 9.72 Å². The first-order chi connectivity index (χ1) is 15.3. The third-order valence-corrected chi connectivity index (χ3v) is 7.31. The van der Waals surface area contributed by atoms with Gasteiger partial charge in [0.1, 0.15) is 0 Å². The maximum Gasteiger partial charge on any atom is 0.277 e. The second kappa shape index (κ2) is 8.30. The molecule has 8 nitrogen and oxygen atoms in total. The molecule has 2 aromatic rings. The van der Waals surface area contributed by atoms with Crippen molar-refractivity contribution in [2.45, 2.75) is 71.4 Å². The number of likely N-dealkylation sites (tertiary alicyclic amines) is 1. The van der Waals surface area contributed by atoms with E-state index in [0.717, 1.165) is 75.4 Å². The quantitative estimate of drug-likeness (QED) is 0.773. The Morgan fingerprint density at radius 1 is 1.19 bits per heavy atom. The first kappa shape index (κ1) is 21.6. The molecule has 2 fully saturated rings. The smallest absolute Gasteiger partial charge is 0.277 e. The molecule has 0 bridgehead atoms. The van der Waals surface area contributed by atoms with Crippen LogP contribution in [0.4, 0.5) is 0 Å². The molecule has 1 amide bonds. The Morgan fingerprint density at radius 2 is 1.97 bits per heavy atom. The fourth-order valence-electron chi connectivity index (χ4n) is 5.48. The molecule has 8 heteroatoms. The summed E-state index contributed by atoms with van der Waals surface area (Å²) < 4.78 is 7.13. The number of aromatic amines is 1. The van der Waals surface area contributed by atoms with Gasteiger partial charge in [-0.15, -0.1) is 0 Å². The Labute approximate surface area is 188 Å². The van der Waals surface area contributed by atoms with E-state index in [9.17, 15) is 9.59 Å². The van der Waals surface area contributed by atoms with Crippen molar-refractivity contribution in [3.63, 3.8) is 0 Å². The number of H-pyrrole nitrogens is 1. The molecule has 5 rings (SSSR count). The van der Waals surface area contributed by atoms with Crippen LogP contribution >= 0.6 is 0 Å². The fourth-order valence-corrected chi connectivity index (χ4v) is 5.48. The Balaban J connectivity index is 1.40. The van der Waals surface area contributed by atoms with Crippen LogP contribution < -0.4 is 5.56 Å². The Hall–Kier alpha value is -2.19. The molecule has 0 aliphatic carbocycles. The number of hydrogen-bond acceptors (Lipinski definition) is 5. The molecule has 0 spiro atoms. The Morgan fingerprint density at radius 3 is 2.72 bits per heavy atom. The number of piperidine rings is 1. The number of fused-ring (bicyclic) bond motifs is 2. The zero-order valence-corrected chi connectivity index (χ0v) is 19.5. The van der Waals surface area contributed by atoms with Gasteiger partial charge in [-0.25, -0.2) is 9.50 Å². The summed E-state index contributed by atoms with van der Waals surface area (Å²) in [7, 11) is 0. The molecule has 3 aliphatic rings. The van der Waals surface area contributed by atoms with Gasteiger partial charge in [0.15, 0.2) is 5.65 Å². The lowest BCUT2D eigenvalue weighted by Gasteiger charge is -2.36. The van der Waals surface area contributed by atoms with E-state index in [1.54, 1.807) is 4.52 Å². The molecule has 5 heterocycles. The number of hydrogen-bond donors (Lipinski definition) is 1. The maximum atomic E-state index is 13.4. The summed E-state index contributed by atoms with van der Waals surface area (Å²) >= 11 is 0. The van der Waals surface area contributed by atoms with Crippen LogP contribution in [0, 0.1) is 5.41 Å². The molecule has 0 aromatic carbocycles. The minimum Gasteiger partial charge on any atom is -0.381 e. The summed E-state index contributed by atoms with van der Waals surface area (Å²) in [5, 5.41) is 3.34. The molecule has 1 atom stereocenters. The number of carbonyl (C=O) groups is 1. The van der Waals surface area contributed by atoms with Gasteiger partial charge in [0.05, 0.1) is 11.3 Å². The first-order valence-corrected chi connectivity index (χ1v) is 12.1. The minimum absolute atomic E-state index is 0.0199. The van der Waals surface area contributed by atoms with Crippen molar-refractivity contribution in [3.05, 3.63) is 33.4 Å². The first-order valence-electron chi connectivity index (χ1n) is 12.1. The second-order valence-corrected chi connectivity index (χ2v) is 10.7. The highest BCUT2D eigenvalue weighted by Gasteiger charge is 2.33. The van der Waals surface area contributed by atoms with Gasteiger partial charge in [0.2, 0.25) is 5.91 Å². The molecule has 1 N–H and O–H groups in total. The summed E-state index contributed by atoms with van der Waals surface area (Å²) in [4.78, 5) is 35.4. The van der Waals surface area contributed by atoms with Gasteiger partial charge in [-0.05, 0) is 25.7 Å². The lowest BCUT2D eigenvalue weighted by atomic mass is 9.90. The third-order valence-electron chi connectivity index (χ3n) is 7.31. The highest BCUT2D eigenvalue weighted by Crippen LogP contribution is 2.30. The van der Waals surface area contributed by atoms with Crippen LogP contribution in [-0.4, -0.2) is 69.2 Å². The summed E-state index contributed by atoms with van der Waals surface area (Å²) in [6.45, 7) is 10.6. The van der Waals surface area contributed by atoms with E-state index in [0.29, 0.717) is 24.8 Å². The standard InChI is InChI=1S/C24H35N5O3/c1-24(2,3)23(31)28-9-4-5-16(14-28)20-13-21-25-19-6-10-27(17-7-11-32-12-8-17)15-18(19)22(30)29(21)26-20/h13,16-17,26H,4-12,14-15H2,1-3H3/t16-/m0/s1. The number of nitrogens with zero attached hydrogens (tertiary/aromatic N) is 4. The highest BCUT2D eigenvalue weighted by molar-refractivity contribution is 5.81. The van der Waals surface area contributed by atoms with E-state index >= 15 is 0 Å². The number of rotatable bonds is 2. The highest BCUT2D eigenvalue weighted by atomic mass is 16.5. The van der Waals surface area contributed by atoms with Gasteiger partial charge < -0.3 is 9.64 Å². The van der Waals surface area contributed by atoms with Crippen LogP contribution in [0.1, 0.15) is 69.3 Å². The van der Waals surface area contributed by atoms with Crippen LogP contribution in [0.15, 0.2) is 10.9 Å². The van der Waals surface area contributed by atoms with Crippen LogP contribution in [-0.2, 0) is 22.5 Å². The topological polar surface area (TPSA) is 82.9 Å². The van der Waals surface area contributed by atoms with Crippen LogP contribution in [0.5, 0.6) is 0 Å². The SMILES string of the molecule is CC(C)(C)C(=O)N1CCC[C@H](c2cc3nc4c(c(=O)n3[nH]2)CN(C2CCOCC2)CC4)C1. The van der Waals surface area contributed by atoms with Gasteiger partial charge in [-0.2, -0.15) is 0 Å². The lowest BCUT2D eigenvalue weighted by Crippen LogP contribution is -2.45. The van der Waals surface area contributed by atoms with Crippen molar-refractivity contribution >= 4 is 11.6 Å². The van der Waals surface area contributed by atoms with Gasteiger partial charge in [0, 0.05) is 74.9 Å². The van der Waals surface area contributed by atoms with Crippen molar-refractivity contribution < 1.29 is 9.53 Å². The number of carbonyl (C=O) groups excluding carboxylic acids is 1. The molecule has 2 saturated heterocycles. The lowest BCUT2D eigenvalue weighted by molar-refractivity contribution is -0.140. The molecule has 32 heavy (non-hydrogen) atoms. The van der Waals surface area contributed by atoms with Crippen molar-refractivity contribution in [1.29, 1.82) is 0 Å². The van der Waals surface area contributed by atoms with Crippen molar-refractivity contribution in [3.8, 4) is 0 Å².